The molecule has 1 fully saturated rings. The van der Waals surface area contributed by atoms with Crippen molar-refractivity contribution in [2.24, 2.45) is 0 Å². The molecular weight excluding hydrogens is 321 g/mol. The maximum atomic E-state index is 12.7. The number of hydrogen-bond donors (Lipinski definition) is 0. The van der Waals surface area contributed by atoms with Crippen molar-refractivity contribution in [3.05, 3.63) is 42.0 Å². The van der Waals surface area contributed by atoms with Crippen LogP contribution < -0.4 is 9.80 Å². The number of piperazine rings is 1. The molecule has 2 aromatic heterocycles. The van der Waals surface area contributed by atoms with Crippen LogP contribution in [0.5, 0.6) is 0 Å². The summed E-state index contributed by atoms with van der Waals surface area (Å²) in [5.74, 6) is 0.0659. The van der Waals surface area contributed by atoms with E-state index in [0.717, 1.165) is 18.0 Å². The van der Waals surface area contributed by atoms with Gasteiger partial charge in [0.15, 0.2) is 0 Å². The van der Waals surface area contributed by atoms with Crippen LogP contribution in [0, 0.1) is 11.3 Å². The summed E-state index contributed by atoms with van der Waals surface area (Å²) in [7, 11) is 0. The summed E-state index contributed by atoms with van der Waals surface area (Å²) in [5, 5.41) is 9.14. The third-order valence-corrected chi connectivity index (χ3v) is 3.76. The number of rotatable bonds is 2. The lowest BCUT2D eigenvalue weighted by Crippen LogP contribution is -2.47. The molecule has 1 aliphatic rings. The molecule has 0 radical (unpaired) electrons. The van der Waals surface area contributed by atoms with Crippen LogP contribution in [-0.4, -0.2) is 41.1 Å². The fourth-order valence-electron chi connectivity index (χ4n) is 2.54. The van der Waals surface area contributed by atoms with E-state index >= 15 is 0 Å². The van der Waals surface area contributed by atoms with E-state index in [-0.39, 0.29) is 5.95 Å². The number of alkyl halides is 3. The Labute approximate surface area is 136 Å². The summed E-state index contributed by atoms with van der Waals surface area (Å²) in [4.78, 5) is 15.3. The lowest BCUT2D eigenvalue weighted by Gasteiger charge is -2.36. The second-order valence-corrected chi connectivity index (χ2v) is 5.22. The van der Waals surface area contributed by atoms with E-state index in [9.17, 15) is 13.2 Å². The Bertz CT molecular complexity index is 762. The first kappa shape index (κ1) is 16.0. The fourth-order valence-corrected chi connectivity index (χ4v) is 2.54. The van der Waals surface area contributed by atoms with E-state index in [4.69, 9.17) is 5.26 Å². The van der Waals surface area contributed by atoms with Crippen molar-refractivity contribution < 1.29 is 13.2 Å². The average molecular weight is 334 g/mol. The Balaban J connectivity index is 1.73. The van der Waals surface area contributed by atoms with Gasteiger partial charge in [-0.1, -0.05) is 0 Å². The SMILES string of the molecule is N#Cc1ccncc1N1CCN(c2nccc(C(F)(F)F)n2)CC1. The number of aromatic nitrogens is 3. The van der Waals surface area contributed by atoms with Crippen molar-refractivity contribution in [1.82, 2.24) is 15.0 Å². The first-order valence-corrected chi connectivity index (χ1v) is 7.23. The van der Waals surface area contributed by atoms with Gasteiger partial charge in [0, 0.05) is 38.6 Å². The lowest BCUT2D eigenvalue weighted by molar-refractivity contribution is -0.141. The maximum Gasteiger partial charge on any atom is 0.433 e. The van der Waals surface area contributed by atoms with Crippen molar-refractivity contribution in [3.8, 4) is 6.07 Å². The van der Waals surface area contributed by atoms with Crippen LogP contribution in [0.15, 0.2) is 30.7 Å². The molecule has 0 spiro atoms. The van der Waals surface area contributed by atoms with Gasteiger partial charge in [-0.2, -0.15) is 18.4 Å². The molecule has 2 aromatic rings. The zero-order chi connectivity index (χ0) is 17.2. The van der Waals surface area contributed by atoms with Crippen molar-refractivity contribution in [2.75, 3.05) is 36.0 Å². The maximum absolute atomic E-state index is 12.7. The van der Waals surface area contributed by atoms with Crippen molar-refractivity contribution in [3.63, 3.8) is 0 Å². The molecule has 0 N–H and O–H groups in total. The Morgan fingerprint density at radius 1 is 1.04 bits per heavy atom. The van der Waals surface area contributed by atoms with E-state index in [2.05, 4.69) is 21.0 Å². The minimum atomic E-state index is -4.49. The molecule has 0 aromatic carbocycles. The highest BCUT2D eigenvalue weighted by Crippen LogP contribution is 2.28. The van der Waals surface area contributed by atoms with Crippen LogP contribution in [0.1, 0.15) is 11.3 Å². The predicted molar refractivity (Wildman–Crippen MR) is 80.4 cm³/mol. The van der Waals surface area contributed by atoms with Gasteiger partial charge in [0.25, 0.3) is 0 Å². The lowest BCUT2D eigenvalue weighted by atomic mass is 10.2. The minimum absolute atomic E-state index is 0.0659. The molecule has 6 nitrogen and oxygen atoms in total. The molecule has 0 saturated carbocycles. The van der Waals surface area contributed by atoms with E-state index in [1.165, 1.54) is 0 Å². The summed E-state index contributed by atoms with van der Waals surface area (Å²) in [6.45, 7) is 2.00. The summed E-state index contributed by atoms with van der Waals surface area (Å²) >= 11 is 0. The highest BCUT2D eigenvalue weighted by atomic mass is 19.4. The average Bonchev–Trinajstić information content (AvgIpc) is 2.61. The predicted octanol–water partition coefficient (Wildman–Crippen LogP) is 2.09. The van der Waals surface area contributed by atoms with Gasteiger partial charge in [0.05, 0.1) is 17.4 Å². The van der Waals surface area contributed by atoms with Gasteiger partial charge in [-0.3, -0.25) is 4.98 Å². The molecular formula is C15H13F3N6. The number of hydrogen-bond acceptors (Lipinski definition) is 6. The Kier molecular flexibility index (Phi) is 4.20. The van der Waals surface area contributed by atoms with Crippen LogP contribution in [0.3, 0.4) is 0 Å². The largest absolute Gasteiger partial charge is 0.433 e. The van der Waals surface area contributed by atoms with Crippen LogP contribution in [-0.2, 0) is 6.18 Å². The topological polar surface area (TPSA) is 68.9 Å². The normalized spacial score (nSPS) is 15.2. The van der Waals surface area contributed by atoms with Gasteiger partial charge >= 0.3 is 6.18 Å². The zero-order valence-electron chi connectivity index (χ0n) is 12.5. The van der Waals surface area contributed by atoms with E-state index in [0.29, 0.717) is 31.7 Å². The van der Waals surface area contributed by atoms with Crippen LogP contribution >= 0.6 is 0 Å². The van der Waals surface area contributed by atoms with Crippen molar-refractivity contribution in [1.29, 1.82) is 5.26 Å². The standard InChI is InChI=1S/C15H13F3N6/c16-15(17,18)13-2-4-21-14(22-13)24-7-5-23(6-8-24)12-10-20-3-1-11(12)9-19/h1-4,10H,5-8H2. The molecule has 1 aliphatic heterocycles. The monoisotopic (exact) mass is 334 g/mol. The number of anilines is 2. The Morgan fingerprint density at radius 3 is 2.42 bits per heavy atom. The van der Waals surface area contributed by atoms with Crippen molar-refractivity contribution >= 4 is 11.6 Å². The summed E-state index contributed by atoms with van der Waals surface area (Å²) in [6.07, 6.45) is -0.201. The number of nitriles is 1. The highest BCUT2D eigenvalue weighted by molar-refractivity contribution is 5.58. The van der Waals surface area contributed by atoms with E-state index in [1.807, 2.05) is 4.90 Å². The molecule has 124 valence electrons. The smallest absolute Gasteiger partial charge is 0.366 e. The zero-order valence-corrected chi connectivity index (χ0v) is 12.5. The molecule has 0 atom stereocenters. The molecule has 24 heavy (non-hydrogen) atoms. The Morgan fingerprint density at radius 2 is 1.75 bits per heavy atom. The van der Waals surface area contributed by atoms with E-state index < -0.39 is 11.9 Å². The van der Waals surface area contributed by atoms with Crippen LogP contribution in [0.25, 0.3) is 0 Å². The van der Waals surface area contributed by atoms with Gasteiger partial charge in [0.2, 0.25) is 5.95 Å². The third kappa shape index (κ3) is 3.22. The van der Waals surface area contributed by atoms with Crippen LogP contribution in [0.4, 0.5) is 24.8 Å². The molecule has 3 heterocycles. The van der Waals surface area contributed by atoms with Gasteiger partial charge in [-0.25, -0.2) is 9.97 Å². The quantitative estimate of drug-likeness (QED) is 0.838. The molecule has 0 aliphatic carbocycles. The number of halogens is 3. The van der Waals surface area contributed by atoms with Gasteiger partial charge < -0.3 is 9.80 Å². The minimum Gasteiger partial charge on any atom is -0.366 e. The summed E-state index contributed by atoms with van der Waals surface area (Å²) in [5.41, 5.74) is 0.298. The molecule has 3 rings (SSSR count). The number of pyridine rings is 1. The second kappa shape index (κ2) is 6.31. The molecule has 0 bridgehead atoms. The molecule has 0 unspecified atom stereocenters. The van der Waals surface area contributed by atoms with Gasteiger partial charge in [-0.05, 0) is 12.1 Å². The molecule has 1 saturated heterocycles. The molecule has 0 amide bonds. The first-order valence-electron chi connectivity index (χ1n) is 7.23. The van der Waals surface area contributed by atoms with Gasteiger partial charge in [0.1, 0.15) is 11.8 Å². The van der Waals surface area contributed by atoms with Gasteiger partial charge in [-0.15, -0.1) is 0 Å². The summed E-state index contributed by atoms with van der Waals surface area (Å²) < 4.78 is 38.2. The fraction of sp³-hybridized carbons (Fsp3) is 0.333. The number of nitrogens with zero attached hydrogens (tertiary/aromatic N) is 6. The Hall–Kier alpha value is -2.89. The first-order chi connectivity index (χ1) is 11.5. The third-order valence-electron chi connectivity index (χ3n) is 3.76. The van der Waals surface area contributed by atoms with E-state index in [1.54, 1.807) is 23.4 Å². The van der Waals surface area contributed by atoms with Crippen molar-refractivity contribution in [2.45, 2.75) is 6.18 Å². The summed E-state index contributed by atoms with van der Waals surface area (Å²) in [6, 6.07) is 4.61. The second-order valence-electron chi connectivity index (χ2n) is 5.22. The highest BCUT2D eigenvalue weighted by Gasteiger charge is 2.33. The molecule has 9 heteroatoms. The van der Waals surface area contributed by atoms with Crippen LogP contribution in [0.2, 0.25) is 0 Å².